The highest BCUT2D eigenvalue weighted by Gasteiger charge is 2.37. The number of anilines is 2. The maximum absolute atomic E-state index is 12.9. The number of carbonyl (C=O) groups excluding carboxylic acids is 1. The third-order valence-electron chi connectivity index (χ3n) is 2.89. The molecule has 0 radical (unpaired) electrons. The van der Waals surface area contributed by atoms with Gasteiger partial charge in [-0.15, -0.1) is 0 Å². The van der Waals surface area contributed by atoms with Gasteiger partial charge in [-0.1, -0.05) is 12.1 Å². The van der Waals surface area contributed by atoms with Crippen LogP contribution < -0.4 is 9.62 Å². The summed E-state index contributed by atoms with van der Waals surface area (Å²) in [4.78, 5) is 12.0. The molecule has 0 bridgehead atoms. The van der Waals surface area contributed by atoms with E-state index >= 15 is 0 Å². The molecule has 0 atom stereocenters. The first kappa shape index (κ1) is 12.6. The molecule has 3 rings (SSSR count). The number of carbonyl (C=O) groups is 1. The fourth-order valence-corrected chi connectivity index (χ4v) is 3.51. The number of sulfonamides is 1. The minimum Gasteiger partial charge on any atom is -0.305 e. The first-order valence-corrected chi connectivity index (χ1v) is 7.15. The molecule has 1 aliphatic heterocycles. The standard InChI is InChI=1S/C13H9FN2O3S/c14-9-5-7-10(8-6-9)16-13(17)15-11-3-1-2-4-12(11)20(16,18)19/h1-8H,(H,15,17). The lowest BCUT2D eigenvalue weighted by atomic mass is 10.3. The number of halogens is 1. The summed E-state index contributed by atoms with van der Waals surface area (Å²) in [7, 11) is -4.00. The van der Waals surface area contributed by atoms with Gasteiger partial charge in [0.25, 0.3) is 10.0 Å². The third kappa shape index (κ3) is 1.83. The number of hydrogen-bond donors (Lipinski definition) is 1. The van der Waals surface area contributed by atoms with Gasteiger partial charge in [0, 0.05) is 0 Å². The van der Waals surface area contributed by atoms with Crippen molar-refractivity contribution in [2.24, 2.45) is 0 Å². The number of nitrogens with zero attached hydrogens (tertiary/aromatic N) is 1. The topological polar surface area (TPSA) is 66.5 Å². The highest BCUT2D eigenvalue weighted by atomic mass is 32.2. The molecule has 2 aromatic rings. The van der Waals surface area contributed by atoms with Gasteiger partial charge in [-0.3, -0.25) is 0 Å². The second-order valence-corrected chi connectivity index (χ2v) is 5.93. The molecule has 5 nitrogen and oxygen atoms in total. The molecule has 0 unspecified atom stereocenters. The van der Waals surface area contributed by atoms with Crippen LogP contribution in [0.25, 0.3) is 0 Å². The van der Waals surface area contributed by atoms with Crippen molar-refractivity contribution in [2.45, 2.75) is 4.90 Å². The summed E-state index contributed by atoms with van der Waals surface area (Å²) in [5.41, 5.74) is 0.314. The maximum atomic E-state index is 12.9. The van der Waals surface area contributed by atoms with E-state index in [0.29, 0.717) is 4.31 Å². The fourth-order valence-electron chi connectivity index (χ4n) is 2.00. The number of fused-ring (bicyclic) bond motifs is 1. The van der Waals surface area contributed by atoms with Gasteiger partial charge in [-0.2, -0.15) is 4.31 Å². The molecule has 1 aliphatic rings. The van der Waals surface area contributed by atoms with Crippen molar-refractivity contribution < 1.29 is 17.6 Å². The van der Waals surface area contributed by atoms with Gasteiger partial charge >= 0.3 is 6.03 Å². The van der Waals surface area contributed by atoms with Crippen LogP contribution in [-0.2, 0) is 10.0 Å². The fraction of sp³-hybridized carbons (Fsp3) is 0. The van der Waals surface area contributed by atoms with Crippen molar-refractivity contribution in [3.63, 3.8) is 0 Å². The molecule has 0 aliphatic carbocycles. The number of para-hydroxylation sites is 1. The first-order valence-electron chi connectivity index (χ1n) is 5.71. The van der Waals surface area contributed by atoms with Gasteiger partial charge < -0.3 is 5.32 Å². The predicted octanol–water partition coefficient (Wildman–Crippen LogP) is 2.57. The van der Waals surface area contributed by atoms with Crippen molar-refractivity contribution in [3.8, 4) is 0 Å². The number of rotatable bonds is 1. The number of hydrogen-bond acceptors (Lipinski definition) is 3. The molecule has 7 heteroatoms. The molecule has 0 saturated carbocycles. The van der Waals surface area contributed by atoms with Crippen LogP contribution in [0.2, 0.25) is 0 Å². The minimum atomic E-state index is -4.00. The molecule has 0 aromatic heterocycles. The first-order chi connectivity index (χ1) is 9.50. The van der Waals surface area contributed by atoms with E-state index in [4.69, 9.17) is 0 Å². The molecule has 102 valence electrons. The van der Waals surface area contributed by atoms with Gasteiger partial charge in [0.15, 0.2) is 0 Å². The number of urea groups is 1. The number of nitrogens with one attached hydrogen (secondary N) is 1. The van der Waals surface area contributed by atoms with Crippen LogP contribution in [0.5, 0.6) is 0 Å². The molecule has 20 heavy (non-hydrogen) atoms. The highest BCUT2D eigenvalue weighted by molar-refractivity contribution is 7.94. The number of benzene rings is 2. The van der Waals surface area contributed by atoms with E-state index < -0.39 is 21.9 Å². The second kappa shape index (κ2) is 4.31. The van der Waals surface area contributed by atoms with Gasteiger partial charge in [-0.05, 0) is 36.4 Å². The largest absolute Gasteiger partial charge is 0.340 e. The summed E-state index contributed by atoms with van der Waals surface area (Å²) in [6.07, 6.45) is 0. The summed E-state index contributed by atoms with van der Waals surface area (Å²) in [5, 5.41) is 2.49. The predicted molar refractivity (Wildman–Crippen MR) is 71.5 cm³/mol. The Morgan fingerprint density at radius 2 is 1.65 bits per heavy atom. The SMILES string of the molecule is O=C1Nc2ccccc2S(=O)(=O)N1c1ccc(F)cc1. The van der Waals surface area contributed by atoms with E-state index in [-0.39, 0.29) is 16.3 Å². The lowest BCUT2D eigenvalue weighted by molar-refractivity contribution is 0.259. The lowest BCUT2D eigenvalue weighted by Crippen LogP contribution is -2.44. The zero-order valence-corrected chi connectivity index (χ0v) is 10.9. The van der Waals surface area contributed by atoms with E-state index in [0.717, 1.165) is 12.1 Å². The smallest absolute Gasteiger partial charge is 0.305 e. The average molecular weight is 292 g/mol. The van der Waals surface area contributed by atoms with E-state index in [2.05, 4.69) is 5.32 Å². The molecule has 2 amide bonds. The van der Waals surface area contributed by atoms with Gasteiger partial charge in [0.05, 0.1) is 11.4 Å². The molecule has 0 spiro atoms. The summed E-state index contributed by atoms with van der Waals surface area (Å²) >= 11 is 0. The van der Waals surface area contributed by atoms with Crippen LogP contribution in [-0.4, -0.2) is 14.4 Å². The van der Waals surface area contributed by atoms with Crippen LogP contribution >= 0.6 is 0 Å². The van der Waals surface area contributed by atoms with Gasteiger partial charge in [0.1, 0.15) is 10.7 Å². The Bertz CT molecular complexity index is 788. The van der Waals surface area contributed by atoms with Crippen LogP contribution in [0, 0.1) is 5.82 Å². The van der Waals surface area contributed by atoms with Crippen LogP contribution in [0.3, 0.4) is 0 Å². The molecule has 1 heterocycles. The normalized spacial score (nSPS) is 16.4. The van der Waals surface area contributed by atoms with E-state index in [9.17, 15) is 17.6 Å². The summed E-state index contributed by atoms with van der Waals surface area (Å²) < 4.78 is 38.5. The maximum Gasteiger partial charge on any atom is 0.340 e. The van der Waals surface area contributed by atoms with Crippen LogP contribution in [0.1, 0.15) is 0 Å². The van der Waals surface area contributed by atoms with Crippen molar-refractivity contribution in [1.82, 2.24) is 0 Å². The molecule has 2 aromatic carbocycles. The summed E-state index contributed by atoms with van der Waals surface area (Å²) in [6.45, 7) is 0. The summed E-state index contributed by atoms with van der Waals surface area (Å²) in [6, 6.07) is 9.97. The van der Waals surface area contributed by atoms with Crippen molar-refractivity contribution >= 4 is 27.4 Å². The highest BCUT2D eigenvalue weighted by Crippen LogP contribution is 2.33. The monoisotopic (exact) mass is 292 g/mol. The van der Waals surface area contributed by atoms with E-state index in [1.165, 1.54) is 24.3 Å². The molecular weight excluding hydrogens is 283 g/mol. The Kier molecular flexibility index (Phi) is 2.72. The zero-order valence-electron chi connectivity index (χ0n) is 10.1. The Morgan fingerprint density at radius 1 is 1.00 bits per heavy atom. The van der Waals surface area contributed by atoms with Crippen molar-refractivity contribution in [3.05, 3.63) is 54.3 Å². The minimum absolute atomic E-state index is 0.00363. The quantitative estimate of drug-likeness (QED) is 0.878. The molecular formula is C13H9FN2O3S. The molecule has 1 N–H and O–H groups in total. The Hall–Kier alpha value is -2.41. The van der Waals surface area contributed by atoms with Crippen LogP contribution in [0.15, 0.2) is 53.4 Å². The van der Waals surface area contributed by atoms with Crippen LogP contribution in [0.4, 0.5) is 20.6 Å². The Labute approximate surface area is 114 Å². The third-order valence-corrected chi connectivity index (χ3v) is 4.66. The average Bonchev–Trinajstić information content (AvgIpc) is 2.40. The van der Waals surface area contributed by atoms with E-state index in [1.807, 2.05) is 0 Å². The number of amides is 2. The Morgan fingerprint density at radius 3 is 2.35 bits per heavy atom. The van der Waals surface area contributed by atoms with Gasteiger partial charge in [-0.25, -0.2) is 17.6 Å². The lowest BCUT2D eigenvalue weighted by Gasteiger charge is -2.28. The zero-order chi connectivity index (χ0) is 14.3. The van der Waals surface area contributed by atoms with Crippen molar-refractivity contribution in [1.29, 1.82) is 0 Å². The summed E-state index contributed by atoms with van der Waals surface area (Å²) in [5.74, 6) is -0.510. The van der Waals surface area contributed by atoms with Crippen molar-refractivity contribution in [2.75, 3.05) is 9.62 Å². The van der Waals surface area contributed by atoms with E-state index in [1.54, 1.807) is 12.1 Å². The van der Waals surface area contributed by atoms with Gasteiger partial charge in [0.2, 0.25) is 0 Å². The second-order valence-electron chi connectivity index (χ2n) is 4.17. The Balaban J connectivity index is 2.18. The molecule has 0 fully saturated rings. The molecule has 0 saturated heterocycles.